The van der Waals surface area contributed by atoms with Crippen LogP contribution in [-0.2, 0) is 36.3 Å². The maximum absolute atomic E-state index is 12.2. The van der Waals surface area contributed by atoms with Crippen molar-refractivity contribution in [3.63, 3.8) is 0 Å². The van der Waals surface area contributed by atoms with Gasteiger partial charge in [0.1, 0.15) is 12.2 Å². The normalized spacial score (nSPS) is 21.2. The lowest BCUT2D eigenvalue weighted by Crippen LogP contribution is -2.52. The molecule has 2 aromatic rings. The molecule has 9 nitrogen and oxygen atoms in total. The summed E-state index contributed by atoms with van der Waals surface area (Å²) in [4.78, 5) is 35.3. The Bertz CT molecular complexity index is 1030. The van der Waals surface area contributed by atoms with Crippen LogP contribution in [0.15, 0.2) is 26.4 Å². The smallest absolute Gasteiger partial charge is 0.475 e. The average molecular weight is 448 g/mol. The molecule has 0 saturated carbocycles. The molecule has 2 aliphatic heterocycles. The number of carboxylic acids is 1. The molecule has 1 unspecified atom stereocenters. The van der Waals surface area contributed by atoms with Gasteiger partial charge < -0.3 is 9.84 Å². The molecule has 30 heavy (non-hydrogen) atoms. The number of carboxylic acid groups (broad SMARTS) is 1. The molecule has 2 aliphatic rings. The number of thiophene rings is 1. The number of aromatic nitrogens is 3. The number of hydrogen-bond acceptors (Lipinski definition) is 7. The standard InChI is InChI=1S/C15H18N4O3S.C2HF3O2/c1-17-13(20)14(21)19-10-15(22-7-12(19)16-17)3-4-18(9-15)6-11-2-5-23-8-11;3-2(4,5)1(6)7/h2,5,8H,3-4,6-7,9-10H2,1H3;(H,6,7). The Balaban J connectivity index is 0.000000318. The van der Waals surface area contributed by atoms with Crippen LogP contribution >= 0.6 is 11.3 Å². The number of ether oxygens (including phenoxy) is 1. The van der Waals surface area contributed by atoms with E-state index in [2.05, 4.69) is 26.8 Å². The maximum Gasteiger partial charge on any atom is 0.490 e. The molecule has 1 fully saturated rings. The van der Waals surface area contributed by atoms with E-state index in [0.29, 0.717) is 12.4 Å². The molecule has 0 bridgehead atoms. The highest BCUT2D eigenvalue weighted by Crippen LogP contribution is 2.31. The molecule has 13 heteroatoms. The predicted octanol–water partition coefficient (Wildman–Crippen LogP) is 0.812. The summed E-state index contributed by atoms with van der Waals surface area (Å²) in [6.07, 6.45) is -4.22. The summed E-state index contributed by atoms with van der Waals surface area (Å²) in [5.74, 6) is -2.23. The van der Waals surface area contributed by atoms with E-state index in [1.807, 2.05) is 0 Å². The van der Waals surface area contributed by atoms with Gasteiger partial charge in [0, 0.05) is 26.7 Å². The first-order valence-electron chi connectivity index (χ1n) is 8.85. The lowest BCUT2D eigenvalue weighted by Gasteiger charge is -2.35. The largest absolute Gasteiger partial charge is 0.490 e. The van der Waals surface area contributed by atoms with Crippen LogP contribution in [0.3, 0.4) is 0 Å². The Labute approximate surface area is 171 Å². The van der Waals surface area contributed by atoms with Crippen LogP contribution in [0.1, 0.15) is 17.8 Å². The second kappa shape index (κ2) is 8.32. The minimum atomic E-state index is -5.08. The summed E-state index contributed by atoms with van der Waals surface area (Å²) in [6.45, 7) is 3.27. The van der Waals surface area contributed by atoms with E-state index in [-0.39, 0.29) is 12.2 Å². The molecule has 1 N–H and O–H groups in total. The van der Waals surface area contributed by atoms with Gasteiger partial charge in [-0.2, -0.15) is 29.6 Å². The molecule has 1 saturated heterocycles. The summed E-state index contributed by atoms with van der Waals surface area (Å²) in [5, 5.41) is 15.5. The number of halogens is 3. The minimum Gasteiger partial charge on any atom is -0.475 e. The lowest BCUT2D eigenvalue weighted by molar-refractivity contribution is -0.192. The van der Waals surface area contributed by atoms with Gasteiger partial charge in [-0.3, -0.25) is 19.1 Å². The second-order valence-electron chi connectivity index (χ2n) is 7.10. The van der Waals surface area contributed by atoms with Gasteiger partial charge >= 0.3 is 23.3 Å². The molecule has 4 heterocycles. The van der Waals surface area contributed by atoms with E-state index in [1.54, 1.807) is 11.3 Å². The SMILES string of the molecule is Cn1nc2n(c(=O)c1=O)CC1(CCN(Cc3ccsc3)C1)OC2.O=C(O)C(F)(F)F. The zero-order chi connectivity index (χ0) is 22.1. The van der Waals surface area contributed by atoms with Crippen molar-refractivity contribution < 1.29 is 27.8 Å². The van der Waals surface area contributed by atoms with Crippen molar-refractivity contribution >= 4 is 17.3 Å². The van der Waals surface area contributed by atoms with Gasteiger partial charge in [-0.05, 0) is 28.8 Å². The van der Waals surface area contributed by atoms with Crippen molar-refractivity contribution in [3.8, 4) is 0 Å². The van der Waals surface area contributed by atoms with Gasteiger partial charge in [0.25, 0.3) is 0 Å². The Morgan fingerprint density at radius 1 is 1.33 bits per heavy atom. The first-order chi connectivity index (χ1) is 14.0. The fraction of sp³-hybridized carbons (Fsp3) is 0.529. The number of nitrogens with zero attached hydrogens (tertiary/aromatic N) is 4. The Hall–Kier alpha value is -2.51. The summed E-state index contributed by atoms with van der Waals surface area (Å²) >= 11 is 1.70. The summed E-state index contributed by atoms with van der Waals surface area (Å²) in [7, 11) is 1.49. The number of hydrogen-bond donors (Lipinski definition) is 1. The van der Waals surface area contributed by atoms with E-state index in [4.69, 9.17) is 14.6 Å². The van der Waals surface area contributed by atoms with Crippen molar-refractivity contribution in [2.24, 2.45) is 7.05 Å². The molecular formula is C17H19F3N4O5S. The van der Waals surface area contributed by atoms with Gasteiger partial charge in [0.15, 0.2) is 5.82 Å². The maximum atomic E-state index is 12.2. The molecule has 4 rings (SSSR count). The second-order valence-corrected chi connectivity index (χ2v) is 7.88. The van der Waals surface area contributed by atoms with Crippen molar-refractivity contribution in [2.75, 3.05) is 13.1 Å². The summed E-state index contributed by atoms with van der Waals surface area (Å²) in [6, 6.07) is 2.13. The third-order valence-electron chi connectivity index (χ3n) is 4.88. The highest BCUT2D eigenvalue weighted by Gasteiger charge is 2.43. The van der Waals surface area contributed by atoms with Crippen molar-refractivity contribution in [3.05, 3.63) is 48.9 Å². The Morgan fingerprint density at radius 2 is 2.03 bits per heavy atom. The number of carbonyl (C=O) groups is 1. The van der Waals surface area contributed by atoms with Crippen LogP contribution in [0.2, 0.25) is 0 Å². The van der Waals surface area contributed by atoms with Gasteiger partial charge in [-0.15, -0.1) is 0 Å². The average Bonchev–Trinajstić information content (AvgIpc) is 3.31. The Morgan fingerprint density at radius 3 is 2.63 bits per heavy atom. The molecule has 1 spiro atoms. The number of alkyl halides is 3. The molecule has 0 amide bonds. The third kappa shape index (κ3) is 4.79. The highest BCUT2D eigenvalue weighted by molar-refractivity contribution is 7.07. The molecule has 0 aromatic carbocycles. The van der Waals surface area contributed by atoms with Crippen LogP contribution in [0.5, 0.6) is 0 Å². The third-order valence-corrected chi connectivity index (χ3v) is 5.61. The quantitative estimate of drug-likeness (QED) is 0.678. The fourth-order valence-electron chi connectivity index (χ4n) is 3.42. The zero-order valence-corrected chi connectivity index (χ0v) is 16.7. The van der Waals surface area contributed by atoms with E-state index in [1.165, 1.54) is 17.2 Å². The van der Waals surface area contributed by atoms with Crippen molar-refractivity contribution in [1.82, 2.24) is 19.2 Å². The van der Waals surface area contributed by atoms with E-state index in [0.717, 1.165) is 30.7 Å². The topological polar surface area (TPSA) is 107 Å². The molecule has 1 atom stereocenters. The van der Waals surface area contributed by atoms with E-state index in [9.17, 15) is 22.8 Å². The van der Waals surface area contributed by atoms with E-state index >= 15 is 0 Å². The first-order valence-corrected chi connectivity index (χ1v) is 9.79. The number of aryl methyl sites for hydroxylation is 1. The lowest BCUT2D eigenvalue weighted by atomic mass is 10.0. The van der Waals surface area contributed by atoms with Crippen LogP contribution < -0.4 is 11.1 Å². The zero-order valence-electron chi connectivity index (χ0n) is 15.9. The van der Waals surface area contributed by atoms with Crippen molar-refractivity contribution in [1.29, 1.82) is 0 Å². The summed E-state index contributed by atoms with van der Waals surface area (Å²) < 4.78 is 40.4. The molecule has 164 valence electrons. The molecule has 0 radical (unpaired) electrons. The number of aliphatic carboxylic acids is 1. The van der Waals surface area contributed by atoms with Crippen LogP contribution in [0.4, 0.5) is 13.2 Å². The Kier molecular flexibility index (Phi) is 6.15. The molecular weight excluding hydrogens is 429 g/mol. The van der Waals surface area contributed by atoms with Crippen molar-refractivity contribution in [2.45, 2.75) is 37.9 Å². The highest BCUT2D eigenvalue weighted by atomic mass is 32.1. The van der Waals surface area contributed by atoms with Gasteiger partial charge in [-0.1, -0.05) is 0 Å². The van der Waals surface area contributed by atoms with Gasteiger partial charge in [0.2, 0.25) is 0 Å². The number of likely N-dealkylation sites (tertiary alicyclic amines) is 1. The monoisotopic (exact) mass is 448 g/mol. The first kappa shape index (κ1) is 22.2. The van der Waals surface area contributed by atoms with E-state index < -0.39 is 23.3 Å². The summed E-state index contributed by atoms with van der Waals surface area (Å²) in [5.41, 5.74) is -0.174. The number of rotatable bonds is 2. The predicted molar refractivity (Wildman–Crippen MR) is 99.2 cm³/mol. The van der Waals surface area contributed by atoms with Crippen LogP contribution in [0, 0.1) is 0 Å². The molecule has 2 aromatic heterocycles. The van der Waals surface area contributed by atoms with Crippen LogP contribution in [-0.4, -0.2) is 55.2 Å². The van der Waals surface area contributed by atoms with Gasteiger partial charge in [0.05, 0.1) is 6.54 Å². The van der Waals surface area contributed by atoms with Crippen LogP contribution in [0.25, 0.3) is 0 Å². The molecule has 0 aliphatic carbocycles. The fourth-order valence-corrected chi connectivity index (χ4v) is 4.07. The number of fused-ring (bicyclic) bond motifs is 1. The minimum absolute atomic E-state index is 0.273. The van der Waals surface area contributed by atoms with Gasteiger partial charge in [-0.25, -0.2) is 9.48 Å².